The van der Waals surface area contributed by atoms with Gasteiger partial charge >= 0.3 is 6.18 Å². The van der Waals surface area contributed by atoms with E-state index in [9.17, 15) is 13.2 Å². The molecule has 0 aliphatic heterocycles. The van der Waals surface area contributed by atoms with Gasteiger partial charge in [0.1, 0.15) is 0 Å². The van der Waals surface area contributed by atoms with Gasteiger partial charge in [0.15, 0.2) is 5.82 Å². The fourth-order valence-corrected chi connectivity index (χ4v) is 1.13. The van der Waals surface area contributed by atoms with Crippen molar-refractivity contribution in [1.29, 1.82) is 0 Å². The largest absolute Gasteiger partial charge is 0.390 e. The Bertz CT molecular complexity index is 363. The molecule has 3 nitrogen and oxygen atoms in total. The van der Waals surface area contributed by atoms with Crippen LogP contribution in [-0.4, -0.2) is 30.0 Å². The van der Waals surface area contributed by atoms with Crippen LogP contribution in [0.15, 0.2) is 6.07 Å². The number of nitrogens with zero attached hydrogens (tertiary/aromatic N) is 3. The summed E-state index contributed by atoms with van der Waals surface area (Å²) in [6.07, 6.45) is -4.99. The average molecular weight is 233 g/mol. The van der Waals surface area contributed by atoms with Crippen LogP contribution in [0.5, 0.6) is 0 Å². The molecule has 0 radical (unpaired) electrons. The Labute approximate surface area is 92.3 Å². The first-order valence-electron chi connectivity index (χ1n) is 4.88. The molecule has 1 aromatic heterocycles. The van der Waals surface area contributed by atoms with E-state index in [2.05, 4.69) is 10.2 Å². The van der Waals surface area contributed by atoms with Crippen molar-refractivity contribution in [1.82, 2.24) is 10.2 Å². The summed E-state index contributed by atoms with van der Waals surface area (Å²) in [5.74, 6) is 0.465. The highest BCUT2D eigenvalue weighted by Crippen LogP contribution is 2.21. The van der Waals surface area contributed by atoms with Crippen LogP contribution in [0.1, 0.15) is 17.7 Å². The van der Waals surface area contributed by atoms with Crippen molar-refractivity contribution in [2.75, 3.05) is 18.5 Å². The molecule has 0 unspecified atom stereocenters. The maximum absolute atomic E-state index is 12.0. The molecule has 0 saturated carbocycles. The minimum Gasteiger partial charge on any atom is -0.358 e. The van der Waals surface area contributed by atoms with E-state index in [1.165, 1.54) is 4.90 Å². The van der Waals surface area contributed by atoms with Crippen molar-refractivity contribution in [3.05, 3.63) is 17.3 Å². The Morgan fingerprint density at radius 3 is 2.38 bits per heavy atom. The number of halogens is 3. The first kappa shape index (κ1) is 12.7. The van der Waals surface area contributed by atoms with Gasteiger partial charge in [0.25, 0.3) is 0 Å². The Morgan fingerprint density at radius 2 is 1.88 bits per heavy atom. The van der Waals surface area contributed by atoms with E-state index in [4.69, 9.17) is 0 Å². The quantitative estimate of drug-likeness (QED) is 0.803. The maximum atomic E-state index is 12.0. The molecule has 1 aromatic rings. The molecule has 1 heterocycles. The van der Waals surface area contributed by atoms with Crippen molar-refractivity contribution in [2.45, 2.75) is 26.4 Å². The van der Waals surface area contributed by atoms with Gasteiger partial charge in [-0.1, -0.05) is 0 Å². The fourth-order valence-electron chi connectivity index (χ4n) is 1.13. The normalized spacial score (nSPS) is 11.6. The van der Waals surface area contributed by atoms with Crippen molar-refractivity contribution < 1.29 is 13.2 Å². The number of alkyl halides is 3. The van der Waals surface area contributed by atoms with Gasteiger partial charge in [0.2, 0.25) is 0 Å². The summed E-state index contributed by atoms with van der Waals surface area (Å²) in [6, 6.07) is 1.73. The second-order valence-electron chi connectivity index (χ2n) is 3.76. The van der Waals surface area contributed by atoms with Crippen molar-refractivity contribution >= 4 is 5.82 Å². The third-order valence-electron chi connectivity index (χ3n) is 2.34. The number of aromatic nitrogens is 2. The summed E-state index contributed by atoms with van der Waals surface area (Å²) in [5.41, 5.74) is 1.71. The van der Waals surface area contributed by atoms with E-state index in [0.29, 0.717) is 5.82 Å². The molecule has 0 fully saturated rings. The zero-order valence-corrected chi connectivity index (χ0v) is 9.47. The van der Waals surface area contributed by atoms with Crippen LogP contribution in [0.3, 0.4) is 0 Å². The van der Waals surface area contributed by atoms with Crippen LogP contribution >= 0.6 is 0 Å². The second kappa shape index (κ2) is 4.67. The van der Waals surface area contributed by atoms with Crippen LogP contribution in [-0.2, 0) is 0 Å². The Kier molecular flexibility index (Phi) is 3.72. The van der Waals surface area contributed by atoms with Crippen molar-refractivity contribution in [2.24, 2.45) is 0 Å². The van der Waals surface area contributed by atoms with E-state index >= 15 is 0 Å². The van der Waals surface area contributed by atoms with Gasteiger partial charge in [0.05, 0.1) is 12.1 Å². The molecule has 1 rings (SSSR count). The summed E-state index contributed by atoms with van der Waals surface area (Å²) in [6.45, 7) is 3.55. The van der Waals surface area contributed by atoms with E-state index in [1.54, 1.807) is 13.1 Å². The van der Waals surface area contributed by atoms with Crippen LogP contribution in [0.2, 0.25) is 0 Å². The Hall–Kier alpha value is -1.33. The molecule has 0 saturated heterocycles. The Morgan fingerprint density at radius 1 is 1.25 bits per heavy atom. The highest BCUT2D eigenvalue weighted by molar-refractivity contribution is 5.39. The monoisotopic (exact) mass is 233 g/mol. The van der Waals surface area contributed by atoms with Gasteiger partial charge in [-0.05, 0) is 25.5 Å². The SMILES string of the molecule is Cc1cc(N(C)CCC(F)(F)F)nnc1C. The predicted molar refractivity (Wildman–Crippen MR) is 55.4 cm³/mol. The molecule has 0 amide bonds. The molecule has 0 bridgehead atoms. The molecule has 0 aliphatic carbocycles. The maximum Gasteiger partial charge on any atom is 0.390 e. The summed E-state index contributed by atoms with van der Waals surface area (Å²) in [4.78, 5) is 1.45. The molecule has 0 aromatic carbocycles. The minimum atomic E-state index is -4.14. The number of rotatable bonds is 3. The number of hydrogen-bond acceptors (Lipinski definition) is 3. The van der Waals surface area contributed by atoms with Gasteiger partial charge in [-0.15, -0.1) is 5.10 Å². The lowest BCUT2D eigenvalue weighted by Crippen LogP contribution is -2.25. The van der Waals surface area contributed by atoms with Gasteiger partial charge in [-0.3, -0.25) is 0 Å². The van der Waals surface area contributed by atoms with Gasteiger partial charge in [0, 0.05) is 13.6 Å². The summed E-state index contributed by atoms with van der Waals surface area (Å²) < 4.78 is 36.0. The lowest BCUT2D eigenvalue weighted by atomic mass is 10.2. The topological polar surface area (TPSA) is 29.0 Å². The van der Waals surface area contributed by atoms with E-state index in [-0.39, 0.29) is 6.54 Å². The molecule has 0 aliphatic rings. The van der Waals surface area contributed by atoms with Crippen molar-refractivity contribution in [3.8, 4) is 0 Å². The molecule has 90 valence electrons. The third kappa shape index (κ3) is 3.67. The lowest BCUT2D eigenvalue weighted by Gasteiger charge is -2.18. The first-order chi connectivity index (χ1) is 7.29. The highest BCUT2D eigenvalue weighted by Gasteiger charge is 2.27. The number of hydrogen-bond donors (Lipinski definition) is 0. The van der Waals surface area contributed by atoms with Gasteiger partial charge < -0.3 is 4.90 Å². The van der Waals surface area contributed by atoms with Gasteiger partial charge in [-0.25, -0.2) is 0 Å². The molecule has 16 heavy (non-hydrogen) atoms. The fraction of sp³-hybridized carbons (Fsp3) is 0.600. The van der Waals surface area contributed by atoms with Crippen LogP contribution in [0.25, 0.3) is 0 Å². The molecule has 0 spiro atoms. The zero-order valence-electron chi connectivity index (χ0n) is 9.47. The molecular formula is C10H14F3N3. The lowest BCUT2D eigenvalue weighted by molar-refractivity contribution is -0.132. The Balaban J connectivity index is 2.66. The molecule has 0 atom stereocenters. The first-order valence-corrected chi connectivity index (χ1v) is 4.88. The van der Waals surface area contributed by atoms with Crippen LogP contribution < -0.4 is 4.90 Å². The summed E-state index contributed by atoms with van der Waals surface area (Å²) >= 11 is 0. The predicted octanol–water partition coefficient (Wildman–Crippen LogP) is 2.48. The third-order valence-corrected chi connectivity index (χ3v) is 2.34. The number of aryl methyl sites for hydroxylation is 2. The van der Waals surface area contributed by atoms with E-state index in [0.717, 1.165) is 11.3 Å². The smallest absolute Gasteiger partial charge is 0.358 e. The summed E-state index contributed by atoms with van der Waals surface area (Å²) in [5, 5.41) is 7.72. The van der Waals surface area contributed by atoms with Gasteiger partial charge in [-0.2, -0.15) is 18.3 Å². The van der Waals surface area contributed by atoms with Crippen molar-refractivity contribution in [3.63, 3.8) is 0 Å². The molecular weight excluding hydrogens is 219 g/mol. The minimum absolute atomic E-state index is 0.110. The summed E-state index contributed by atoms with van der Waals surface area (Å²) in [7, 11) is 1.57. The zero-order chi connectivity index (χ0) is 12.3. The average Bonchev–Trinajstić information content (AvgIpc) is 2.17. The van der Waals surface area contributed by atoms with Crippen LogP contribution in [0.4, 0.5) is 19.0 Å². The van der Waals surface area contributed by atoms with E-state index < -0.39 is 12.6 Å². The standard InChI is InChI=1S/C10H14F3N3/c1-7-6-9(15-14-8(7)2)16(3)5-4-10(11,12)13/h6H,4-5H2,1-3H3. The molecule has 6 heteroatoms. The van der Waals surface area contributed by atoms with Crippen LogP contribution in [0, 0.1) is 13.8 Å². The van der Waals surface area contributed by atoms with E-state index in [1.807, 2.05) is 13.8 Å². The second-order valence-corrected chi connectivity index (χ2v) is 3.76. The highest BCUT2D eigenvalue weighted by atomic mass is 19.4. The number of anilines is 1. The molecule has 0 N–H and O–H groups in total.